The van der Waals surface area contributed by atoms with Gasteiger partial charge in [0, 0.05) is 131 Å². The van der Waals surface area contributed by atoms with Crippen molar-refractivity contribution in [2.75, 3.05) is 0 Å². The highest BCUT2D eigenvalue weighted by Crippen LogP contribution is 2.49. The fourth-order valence-electron chi connectivity index (χ4n) is 27.1. The van der Waals surface area contributed by atoms with Crippen molar-refractivity contribution >= 4 is 81.0 Å². The second-order valence-electron chi connectivity index (χ2n) is 54.8. The molecule has 0 aromatic heterocycles. The van der Waals surface area contributed by atoms with Gasteiger partial charge >= 0.3 is 0 Å². The van der Waals surface area contributed by atoms with Crippen molar-refractivity contribution in [1.82, 2.24) is 0 Å². The number of benzene rings is 5. The van der Waals surface area contributed by atoms with Gasteiger partial charge in [-0.2, -0.15) is 0 Å². The number of rotatable bonds is 30. The number of Topliss-reactive ketones (excluding diaryl/α,β-unsaturated/α-hetero) is 10. The summed E-state index contributed by atoms with van der Waals surface area (Å²) in [6.07, 6.45) is 52.9. The quantitative estimate of drug-likeness (QED) is 0.0245. The molecule has 10 aliphatic carbocycles. The van der Waals surface area contributed by atoms with Crippen LogP contribution in [-0.2, 0) is 0 Å². The number of hydrogen-bond acceptors (Lipinski definition) is 10. The molecule has 10 aliphatic rings. The topological polar surface area (TPSA) is 171 Å². The number of ketones is 10. The first-order chi connectivity index (χ1) is 69.4. The van der Waals surface area contributed by atoms with Crippen LogP contribution in [0.2, 0.25) is 0 Å². The fraction of sp³-hybridized carbons (Fsp3) is 0.704. The van der Waals surface area contributed by atoms with E-state index in [-0.39, 0.29) is 68.6 Å². The molecule has 5 aromatic carbocycles. The minimum absolute atomic E-state index is 0.161. The molecule has 15 rings (SSSR count). The van der Waals surface area contributed by atoms with Crippen LogP contribution in [0.5, 0.6) is 0 Å². The predicted octanol–water partition coefficient (Wildman–Crippen LogP) is 38.0. The Bertz CT molecular complexity index is 4560. The third kappa shape index (κ3) is 39.7. The first-order valence-corrected chi connectivity index (χ1v) is 60.4. The third-order valence-corrected chi connectivity index (χ3v) is 38.5. The average molecular weight is 2050 g/mol. The SMILES string of the molecule is Cc1cc(C(=O)CC2CCC(C(C)(C)C)C2)cc(C(=O)CC2CCC(C(C)(C)C)C2)c1.Cc1cc(C(=O)CC2CCC(C)CC2)cc(C(=O)CC2CCC(C)CC2)c1.Cc1cc(C(=O)CC2CCC(C)CC2)cc(C(=O)CC2CCC(C)CC2)c1.Cc1cc(C(=O)CC2CCC(Cl)CC2)cc(C(=O)CC2CCC(Cl)CC2)c1.Cc1cc(C(=O)CC2CCCC(C(C)(C)C)CC2)cc(C(=O)CC2CCCC(C(C)(C)C)CC2)c1. The summed E-state index contributed by atoms with van der Waals surface area (Å²) in [5, 5.41) is 0.543. The second-order valence-corrected chi connectivity index (χ2v) is 56.0. The Hall–Kier alpha value is -6.62. The zero-order chi connectivity index (χ0) is 107. The molecule has 0 spiro atoms. The molecule has 812 valence electrons. The van der Waals surface area contributed by atoms with E-state index in [9.17, 15) is 47.9 Å². The zero-order valence-electron chi connectivity index (χ0n) is 95.9. The number of aryl methyl sites for hydroxylation is 5. The van der Waals surface area contributed by atoms with Crippen LogP contribution >= 0.6 is 23.2 Å². The van der Waals surface area contributed by atoms with E-state index >= 15 is 0 Å². The molecule has 147 heavy (non-hydrogen) atoms. The summed E-state index contributed by atoms with van der Waals surface area (Å²) in [7, 11) is 0. The van der Waals surface area contributed by atoms with Gasteiger partial charge in [-0.05, 0) is 461 Å². The Kier molecular flexibility index (Phi) is 46.3. The van der Waals surface area contributed by atoms with Crippen molar-refractivity contribution in [2.45, 2.75) is 477 Å². The van der Waals surface area contributed by atoms with Gasteiger partial charge in [0.05, 0.1) is 0 Å². The Morgan fingerprint density at radius 2 is 0.333 bits per heavy atom. The molecule has 10 nitrogen and oxygen atoms in total. The van der Waals surface area contributed by atoms with E-state index < -0.39 is 0 Å². The van der Waals surface area contributed by atoms with Gasteiger partial charge in [0.1, 0.15) is 0 Å². The first kappa shape index (κ1) is 121. The highest BCUT2D eigenvalue weighted by molar-refractivity contribution is 6.21. The molecule has 0 aliphatic heterocycles. The van der Waals surface area contributed by atoms with Gasteiger partial charge < -0.3 is 0 Å². The molecule has 0 radical (unpaired) electrons. The van der Waals surface area contributed by atoms with Crippen molar-refractivity contribution < 1.29 is 47.9 Å². The van der Waals surface area contributed by atoms with Gasteiger partial charge in [0.25, 0.3) is 0 Å². The van der Waals surface area contributed by atoms with Gasteiger partial charge in [-0.3, -0.25) is 47.9 Å². The molecule has 0 N–H and O–H groups in total. The van der Waals surface area contributed by atoms with Gasteiger partial charge in [0.15, 0.2) is 57.8 Å². The first-order valence-electron chi connectivity index (χ1n) is 59.5. The number of halogens is 2. The molecule has 12 heteroatoms. The maximum absolute atomic E-state index is 13.3. The van der Waals surface area contributed by atoms with Gasteiger partial charge in [0.2, 0.25) is 0 Å². The standard InChI is InChI=1S/C33H52O2.C29H44O2.2C25H36O2.C23H30Cl2O2/c1-23-18-26(30(34)20-24-10-8-12-28(16-14-24)32(2,3)4)22-27(19-23)31(35)21-25-11-9-13-29(17-15-25)33(5,6)7;1-19-12-22(26(30)16-20-8-10-24(14-20)28(2,3)4)18-23(13-19)27(31)17-21-9-11-25(15-21)29(5,6)7;2*1-17-4-8-20(9-5-17)14-24(26)22-12-19(3)13-23(16-22)25(27)15-21-10-6-18(2)7-11-21;1-15-10-18(22(26)12-16-2-6-20(24)7-3-16)14-19(11-15)23(27)13-17-4-8-21(25)9-5-17/h18-19,22,24-25,28-29H,8-17,20-21H2,1-7H3;12-13,18,20-21,24-25H,8-11,14-17H2,1-7H3;2*12-13,16-18,20-21H,4-11,14-15H2,1-3H3;10-11,14,16-17,20-21H,2-9,12-13H2,1H3. The number of carbonyl (C=O) groups excluding carboxylic acids is 10. The molecular weight excluding hydrogens is 1850 g/mol. The lowest BCUT2D eigenvalue weighted by molar-refractivity contribution is 0.0929. The maximum Gasteiger partial charge on any atom is 0.163 e. The highest BCUT2D eigenvalue weighted by Gasteiger charge is 2.39. The van der Waals surface area contributed by atoms with Crippen LogP contribution < -0.4 is 0 Å². The summed E-state index contributed by atoms with van der Waals surface area (Å²) in [6.45, 7) is 47.2. The average Bonchev–Trinajstić information content (AvgIpc) is 1.81. The highest BCUT2D eigenvalue weighted by atomic mass is 35.5. The summed E-state index contributed by atoms with van der Waals surface area (Å²) < 4.78 is 0. The smallest absolute Gasteiger partial charge is 0.163 e. The van der Waals surface area contributed by atoms with E-state index in [1.54, 1.807) is 0 Å². The van der Waals surface area contributed by atoms with Gasteiger partial charge in [-0.1, -0.05) is 188 Å². The summed E-state index contributed by atoms with van der Waals surface area (Å²) in [4.78, 5) is 130. The molecule has 0 heterocycles. The van der Waals surface area contributed by atoms with E-state index in [2.05, 4.69) is 111 Å². The monoisotopic (exact) mass is 2050 g/mol. The molecular formula is C135H198Cl2O10. The molecule has 10 fully saturated rings. The summed E-state index contributed by atoms with van der Waals surface area (Å²) in [6, 6.07) is 29.0. The van der Waals surface area contributed by atoms with Crippen LogP contribution in [-0.4, -0.2) is 68.6 Å². The number of hydrogen-bond donors (Lipinski definition) is 0. The van der Waals surface area contributed by atoms with Gasteiger partial charge in [-0.15, -0.1) is 23.2 Å². The van der Waals surface area contributed by atoms with Crippen LogP contribution in [0.3, 0.4) is 0 Å². The van der Waals surface area contributed by atoms with Crippen LogP contribution in [0.4, 0.5) is 0 Å². The molecule has 0 bridgehead atoms. The van der Waals surface area contributed by atoms with Crippen molar-refractivity contribution in [2.24, 2.45) is 128 Å². The van der Waals surface area contributed by atoms with Gasteiger partial charge in [-0.25, -0.2) is 0 Å². The maximum atomic E-state index is 13.3. The van der Waals surface area contributed by atoms with Crippen LogP contribution in [0.25, 0.3) is 0 Å². The molecule has 8 atom stereocenters. The molecule has 0 amide bonds. The number of carbonyl (C=O) groups is 10. The Morgan fingerprint density at radius 3 is 0.503 bits per heavy atom. The second kappa shape index (κ2) is 56.5. The largest absolute Gasteiger partial charge is 0.294 e. The normalized spacial score (nSPS) is 27.8. The molecule has 0 saturated heterocycles. The van der Waals surface area contributed by atoms with Crippen LogP contribution in [0, 0.1) is 163 Å². The van der Waals surface area contributed by atoms with Crippen LogP contribution in [0.15, 0.2) is 91.0 Å². The molecule has 5 aromatic rings. The van der Waals surface area contributed by atoms with Crippen molar-refractivity contribution in [3.8, 4) is 0 Å². The fourth-order valence-corrected chi connectivity index (χ4v) is 27.6. The molecule has 10 saturated carbocycles. The lowest BCUT2D eigenvalue weighted by Gasteiger charge is -2.29. The summed E-state index contributed by atoms with van der Waals surface area (Å²) in [5.41, 5.74) is 13.8. The molecule has 8 unspecified atom stereocenters. The van der Waals surface area contributed by atoms with E-state index in [4.69, 9.17) is 23.2 Å². The van der Waals surface area contributed by atoms with Crippen LogP contribution in [0.1, 0.15) is 563 Å². The predicted molar refractivity (Wildman–Crippen MR) is 613 cm³/mol. The third-order valence-electron chi connectivity index (χ3n) is 37.6. The van der Waals surface area contributed by atoms with Crippen molar-refractivity contribution in [3.63, 3.8) is 0 Å². The Labute approximate surface area is 902 Å². The van der Waals surface area contributed by atoms with E-state index in [0.717, 1.165) is 211 Å². The summed E-state index contributed by atoms with van der Waals surface area (Å²) in [5.74, 6) is 13.2. The Balaban J connectivity index is 0.000000175. The minimum Gasteiger partial charge on any atom is -0.294 e. The number of alkyl halides is 2. The van der Waals surface area contributed by atoms with E-state index in [0.29, 0.717) is 168 Å². The van der Waals surface area contributed by atoms with E-state index in [1.807, 2.05) is 126 Å². The van der Waals surface area contributed by atoms with E-state index in [1.165, 1.54) is 154 Å². The lowest BCUT2D eigenvalue weighted by atomic mass is 9.76. The van der Waals surface area contributed by atoms with Crippen molar-refractivity contribution in [1.29, 1.82) is 0 Å². The summed E-state index contributed by atoms with van der Waals surface area (Å²) >= 11 is 12.3. The van der Waals surface area contributed by atoms with Crippen molar-refractivity contribution in [3.05, 3.63) is 174 Å². The Morgan fingerprint density at radius 1 is 0.190 bits per heavy atom. The minimum atomic E-state index is 0.161. The lowest BCUT2D eigenvalue weighted by Crippen LogP contribution is -2.19. The zero-order valence-corrected chi connectivity index (χ0v) is 97.4.